The normalized spacial score (nSPS) is 10.5. The van der Waals surface area contributed by atoms with E-state index < -0.39 is 10.7 Å². The molecule has 6 heteroatoms. The van der Waals surface area contributed by atoms with E-state index in [1.807, 2.05) is 0 Å². The lowest BCUT2D eigenvalue weighted by Crippen LogP contribution is -2.05. The van der Waals surface area contributed by atoms with E-state index >= 15 is 0 Å². The molecular weight excluding hydrogens is 288 g/mol. The fourth-order valence-corrected chi connectivity index (χ4v) is 1.52. The lowest BCUT2D eigenvalue weighted by molar-refractivity contribution is -0.385. The smallest absolute Gasteiger partial charge is 0.281 e. The molecule has 0 heterocycles. The molecule has 0 fully saturated rings. The van der Waals surface area contributed by atoms with Crippen molar-refractivity contribution in [2.24, 2.45) is 0 Å². The van der Waals surface area contributed by atoms with E-state index in [1.165, 1.54) is 18.2 Å². The van der Waals surface area contributed by atoms with E-state index in [0.29, 0.717) is 4.47 Å². The third-order valence-corrected chi connectivity index (χ3v) is 2.44. The minimum atomic E-state index is -0.568. The average molecular weight is 299 g/mol. The molecule has 17 heavy (non-hydrogen) atoms. The standard InChI is InChI=1S/C11H11BrN2O3/c1-13(2)6-5-11(15)9-4-3-8(12)7-10(9)14(16)17/h3-7H,1-2H3/b6-5+. The third-order valence-electron chi connectivity index (χ3n) is 1.95. The summed E-state index contributed by atoms with van der Waals surface area (Å²) in [7, 11) is 3.53. The van der Waals surface area contributed by atoms with Gasteiger partial charge in [0.2, 0.25) is 0 Å². The van der Waals surface area contributed by atoms with Crippen LogP contribution in [0.3, 0.4) is 0 Å². The van der Waals surface area contributed by atoms with Gasteiger partial charge in [0, 0.05) is 36.9 Å². The van der Waals surface area contributed by atoms with E-state index in [-0.39, 0.29) is 11.3 Å². The van der Waals surface area contributed by atoms with E-state index in [9.17, 15) is 14.9 Å². The zero-order valence-electron chi connectivity index (χ0n) is 9.38. The summed E-state index contributed by atoms with van der Waals surface area (Å²) in [5.74, 6) is -0.391. The van der Waals surface area contributed by atoms with Crippen molar-refractivity contribution in [1.29, 1.82) is 0 Å². The van der Waals surface area contributed by atoms with Crippen LogP contribution in [0.2, 0.25) is 0 Å². The highest BCUT2D eigenvalue weighted by Crippen LogP contribution is 2.24. The minimum Gasteiger partial charge on any atom is -0.383 e. The molecular formula is C11H11BrN2O3. The van der Waals surface area contributed by atoms with Crippen LogP contribution in [0.5, 0.6) is 0 Å². The second kappa shape index (κ2) is 5.58. The number of allylic oxidation sites excluding steroid dienone is 1. The van der Waals surface area contributed by atoms with Gasteiger partial charge >= 0.3 is 0 Å². The number of ketones is 1. The summed E-state index contributed by atoms with van der Waals surface area (Å²) in [5, 5.41) is 10.8. The summed E-state index contributed by atoms with van der Waals surface area (Å²) in [6.45, 7) is 0. The van der Waals surface area contributed by atoms with Crippen LogP contribution in [0.4, 0.5) is 5.69 Å². The number of carbonyl (C=O) groups excluding carboxylic acids is 1. The monoisotopic (exact) mass is 298 g/mol. The molecule has 0 atom stereocenters. The number of carbonyl (C=O) groups is 1. The SMILES string of the molecule is CN(C)/C=C/C(=O)c1ccc(Br)cc1[N+](=O)[O-]. The molecule has 0 aliphatic carbocycles. The first-order valence-electron chi connectivity index (χ1n) is 4.74. The van der Waals surface area contributed by atoms with E-state index in [2.05, 4.69) is 15.9 Å². The molecule has 0 amide bonds. The van der Waals surface area contributed by atoms with Gasteiger partial charge in [-0.05, 0) is 12.1 Å². The molecule has 90 valence electrons. The lowest BCUT2D eigenvalue weighted by Gasteiger charge is -2.03. The van der Waals surface area contributed by atoms with Gasteiger partial charge in [-0.25, -0.2) is 0 Å². The molecule has 0 bridgehead atoms. The highest BCUT2D eigenvalue weighted by atomic mass is 79.9. The quantitative estimate of drug-likeness (QED) is 0.371. The van der Waals surface area contributed by atoms with Crippen molar-refractivity contribution in [2.75, 3.05) is 14.1 Å². The topological polar surface area (TPSA) is 63.5 Å². The largest absolute Gasteiger partial charge is 0.383 e. The summed E-state index contributed by atoms with van der Waals surface area (Å²) in [4.78, 5) is 23.7. The third kappa shape index (κ3) is 3.67. The first kappa shape index (κ1) is 13.4. The summed E-state index contributed by atoms with van der Waals surface area (Å²) in [6, 6.07) is 4.35. The Hall–Kier alpha value is -1.69. The second-order valence-corrected chi connectivity index (χ2v) is 4.48. The molecule has 0 aromatic heterocycles. The van der Waals surface area contributed by atoms with Crippen LogP contribution >= 0.6 is 15.9 Å². The predicted molar refractivity (Wildman–Crippen MR) is 68.0 cm³/mol. The van der Waals surface area contributed by atoms with Crippen molar-refractivity contribution < 1.29 is 9.72 Å². The second-order valence-electron chi connectivity index (χ2n) is 3.56. The Morgan fingerprint density at radius 1 is 1.47 bits per heavy atom. The molecule has 0 aliphatic heterocycles. The number of nitro benzene ring substituents is 1. The minimum absolute atomic E-state index is 0.0799. The molecule has 5 nitrogen and oxygen atoms in total. The van der Waals surface area contributed by atoms with Crippen LogP contribution in [0.15, 0.2) is 34.9 Å². The van der Waals surface area contributed by atoms with Crippen molar-refractivity contribution in [2.45, 2.75) is 0 Å². The molecule has 0 saturated carbocycles. The van der Waals surface area contributed by atoms with Crippen molar-refractivity contribution in [3.8, 4) is 0 Å². The van der Waals surface area contributed by atoms with E-state index in [4.69, 9.17) is 0 Å². The summed E-state index contributed by atoms with van der Waals surface area (Å²) in [6.07, 6.45) is 2.85. The molecule has 0 saturated heterocycles. The van der Waals surface area contributed by atoms with Gasteiger partial charge in [0.25, 0.3) is 5.69 Å². The number of rotatable bonds is 4. The van der Waals surface area contributed by atoms with Crippen molar-refractivity contribution in [3.05, 3.63) is 50.6 Å². The average Bonchev–Trinajstić information content (AvgIpc) is 2.25. The Morgan fingerprint density at radius 2 is 2.12 bits per heavy atom. The number of hydrogen-bond donors (Lipinski definition) is 0. The highest BCUT2D eigenvalue weighted by Gasteiger charge is 2.18. The van der Waals surface area contributed by atoms with E-state index in [1.54, 1.807) is 31.3 Å². The van der Waals surface area contributed by atoms with E-state index in [0.717, 1.165) is 0 Å². The van der Waals surface area contributed by atoms with Gasteiger partial charge in [-0.1, -0.05) is 15.9 Å². The van der Waals surface area contributed by atoms with Crippen LogP contribution in [-0.2, 0) is 0 Å². The van der Waals surface area contributed by atoms with Gasteiger partial charge in [0.15, 0.2) is 5.78 Å². The van der Waals surface area contributed by atoms with Crippen LogP contribution < -0.4 is 0 Å². The first-order valence-corrected chi connectivity index (χ1v) is 5.54. The van der Waals surface area contributed by atoms with Gasteiger partial charge in [-0.15, -0.1) is 0 Å². The Morgan fingerprint density at radius 3 is 2.65 bits per heavy atom. The molecule has 0 unspecified atom stereocenters. The van der Waals surface area contributed by atoms with Gasteiger partial charge in [-0.3, -0.25) is 14.9 Å². The maximum atomic E-state index is 11.8. The number of hydrogen-bond acceptors (Lipinski definition) is 4. The Bertz CT molecular complexity index is 484. The molecule has 0 spiro atoms. The van der Waals surface area contributed by atoms with Gasteiger partial charge in [0.05, 0.1) is 10.5 Å². The van der Waals surface area contributed by atoms with Crippen LogP contribution in [0.25, 0.3) is 0 Å². The number of nitrogens with zero attached hydrogens (tertiary/aromatic N) is 2. The number of nitro groups is 1. The predicted octanol–water partition coefficient (Wildman–Crippen LogP) is 2.62. The maximum absolute atomic E-state index is 11.8. The van der Waals surface area contributed by atoms with Crippen LogP contribution in [0.1, 0.15) is 10.4 Å². The molecule has 1 aromatic carbocycles. The van der Waals surface area contributed by atoms with Gasteiger partial charge in [-0.2, -0.15) is 0 Å². The van der Waals surface area contributed by atoms with Gasteiger partial charge < -0.3 is 4.90 Å². The van der Waals surface area contributed by atoms with Crippen molar-refractivity contribution >= 4 is 27.4 Å². The summed E-state index contributed by atoms with van der Waals surface area (Å²) < 4.78 is 0.567. The molecule has 1 rings (SSSR count). The van der Waals surface area contributed by atoms with Crippen molar-refractivity contribution in [1.82, 2.24) is 4.90 Å². The number of benzene rings is 1. The summed E-state index contributed by atoms with van der Waals surface area (Å²) >= 11 is 3.13. The molecule has 0 radical (unpaired) electrons. The van der Waals surface area contributed by atoms with Gasteiger partial charge in [0.1, 0.15) is 0 Å². The molecule has 1 aromatic rings. The zero-order chi connectivity index (χ0) is 13.0. The Labute approximate surface area is 107 Å². The van der Waals surface area contributed by atoms with Crippen LogP contribution in [0, 0.1) is 10.1 Å². The van der Waals surface area contributed by atoms with Crippen molar-refractivity contribution in [3.63, 3.8) is 0 Å². The highest BCUT2D eigenvalue weighted by molar-refractivity contribution is 9.10. The van der Waals surface area contributed by atoms with Crippen LogP contribution in [-0.4, -0.2) is 29.7 Å². The fourth-order valence-electron chi connectivity index (χ4n) is 1.17. The fraction of sp³-hybridized carbons (Fsp3) is 0.182. The lowest BCUT2D eigenvalue weighted by atomic mass is 10.1. The Kier molecular flexibility index (Phi) is 4.39. The molecule has 0 aliphatic rings. The summed E-state index contributed by atoms with van der Waals surface area (Å²) in [5.41, 5.74) is -0.121. The number of halogens is 1. The first-order chi connectivity index (χ1) is 7.91. The maximum Gasteiger partial charge on any atom is 0.281 e. The Balaban J connectivity index is 3.13. The molecule has 0 N–H and O–H groups in total. The zero-order valence-corrected chi connectivity index (χ0v) is 11.0.